The topological polar surface area (TPSA) is 75.0 Å². The second kappa shape index (κ2) is 10.00. The van der Waals surface area contributed by atoms with Crippen LogP contribution in [0.1, 0.15) is 60.6 Å². The molecule has 2 atom stereocenters. The number of piperidine rings is 2. The molecule has 38 heavy (non-hydrogen) atoms. The number of aromatic nitrogens is 2. The quantitative estimate of drug-likeness (QED) is 0.458. The van der Waals surface area contributed by atoms with Crippen molar-refractivity contribution in [1.29, 1.82) is 0 Å². The number of benzene rings is 1. The van der Waals surface area contributed by atoms with Crippen LogP contribution in [-0.4, -0.2) is 59.3 Å². The lowest BCUT2D eigenvalue weighted by Crippen LogP contribution is -2.43. The van der Waals surface area contributed by atoms with E-state index in [-0.39, 0.29) is 28.2 Å². The molecule has 2 aromatic heterocycles. The Bertz CT molecular complexity index is 1420. The number of alkyl halides is 3. The van der Waals surface area contributed by atoms with Crippen LogP contribution in [0.3, 0.4) is 0 Å². The van der Waals surface area contributed by atoms with Gasteiger partial charge in [0.2, 0.25) is 10.0 Å². The van der Waals surface area contributed by atoms with Gasteiger partial charge in [0.15, 0.2) is 5.69 Å². The van der Waals surface area contributed by atoms with Gasteiger partial charge in [-0.15, -0.1) is 0 Å². The monoisotopic (exact) mass is 548 g/mol. The highest BCUT2D eigenvalue weighted by molar-refractivity contribution is 7.89. The van der Waals surface area contributed by atoms with Crippen LogP contribution in [0.5, 0.6) is 0 Å². The van der Waals surface area contributed by atoms with E-state index in [1.165, 1.54) is 15.4 Å². The van der Waals surface area contributed by atoms with Crippen molar-refractivity contribution in [3.8, 4) is 0 Å². The second-order valence-corrected chi connectivity index (χ2v) is 12.6. The number of halogens is 3. The van der Waals surface area contributed by atoms with Crippen LogP contribution in [0, 0.1) is 11.8 Å². The van der Waals surface area contributed by atoms with E-state index < -0.39 is 33.4 Å². The highest BCUT2D eigenvalue weighted by Gasteiger charge is 2.42. The van der Waals surface area contributed by atoms with Gasteiger partial charge in [0.1, 0.15) is 0 Å². The number of fused-ring (bicyclic) bond motifs is 1. The van der Waals surface area contributed by atoms with Crippen LogP contribution < -0.4 is 0 Å². The van der Waals surface area contributed by atoms with Crippen LogP contribution in [0.15, 0.2) is 53.6 Å². The fraction of sp³-hybridized carbons (Fsp3) is 0.481. The molecule has 0 aliphatic carbocycles. The van der Waals surface area contributed by atoms with Gasteiger partial charge in [0, 0.05) is 32.4 Å². The van der Waals surface area contributed by atoms with Gasteiger partial charge < -0.3 is 4.90 Å². The number of hydrogen-bond donors (Lipinski definition) is 0. The van der Waals surface area contributed by atoms with Crippen molar-refractivity contribution in [2.24, 2.45) is 11.8 Å². The minimum absolute atomic E-state index is 0.0514. The second-order valence-electron chi connectivity index (χ2n) is 10.7. The van der Waals surface area contributed by atoms with Gasteiger partial charge in [-0.25, -0.2) is 12.9 Å². The zero-order valence-corrected chi connectivity index (χ0v) is 22.2. The molecule has 11 heteroatoms. The molecular formula is C27H31F3N4O3S. The number of carbonyl (C=O) groups is 1. The van der Waals surface area contributed by atoms with E-state index in [2.05, 4.69) is 5.10 Å². The summed E-state index contributed by atoms with van der Waals surface area (Å²) >= 11 is 0. The van der Waals surface area contributed by atoms with E-state index in [4.69, 9.17) is 0 Å². The maximum Gasteiger partial charge on any atom is 0.436 e. The third kappa shape index (κ3) is 5.05. The molecule has 204 valence electrons. The van der Waals surface area contributed by atoms with E-state index in [0.29, 0.717) is 39.0 Å². The minimum atomic E-state index is -4.78. The summed E-state index contributed by atoms with van der Waals surface area (Å²) in [5, 5.41) is 3.76. The smallest absolute Gasteiger partial charge is 0.338 e. The Kier molecular flexibility index (Phi) is 7.02. The van der Waals surface area contributed by atoms with Crippen LogP contribution in [0.4, 0.5) is 13.2 Å². The average Bonchev–Trinajstić information content (AvgIpc) is 3.28. The van der Waals surface area contributed by atoms with Crippen molar-refractivity contribution >= 4 is 21.4 Å². The van der Waals surface area contributed by atoms with Gasteiger partial charge in [-0.1, -0.05) is 32.0 Å². The molecule has 0 spiro atoms. The zero-order valence-electron chi connectivity index (χ0n) is 21.4. The summed E-state index contributed by atoms with van der Waals surface area (Å²) in [6.45, 7) is 5.42. The van der Waals surface area contributed by atoms with Crippen molar-refractivity contribution < 1.29 is 26.4 Å². The number of sulfonamides is 1. The third-order valence-corrected chi connectivity index (χ3v) is 9.52. The molecule has 0 bridgehead atoms. The lowest BCUT2D eigenvalue weighted by Gasteiger charge is -2.35. The first kappa shape index (κ1) is 26.7. The summed E-state index contributed by atoms with van der Waals surface area (Å²) in [5.41, 5.74) is -0.679. The predicted molar refractivity (Wildman–Crippen MR) is 136 cm³/mol. The van der Waals surface area contributed by atoms with E-state index >= 15 is 0 Å². The lowest BCUT2D eigenvalue weighted by atomic mass is 9.90. The Balaban J connectivity index is 1.44. The van der Waals surface area contributed by atoms with Crippen molar-refractivity contribution in [2.45, 2.75) is 50.1 Å². The van der Waals surface area contributed by atoms with Gasteiger partial charge in [-0.05, 0) is 66.8 Å². The SMILES string of the molecule is CC1CC(C)CN(C(=O)c2c(C(F)(F)F)nn3ccc(C4CCN(S(=O)(=O)c5ccccc5)CC4)cc23)C1. The first-order chi connectivity index (χ1) is 17.9. The summed E-state index contributed by atoms with van der Waals surface area (Å²) in [4.78, 5) is 15.3. The number of pyridine rings is 1. The minimum Gasteiger partial charge on any atom is -0.338 e. The maximum absolute atomic E-state index is 14.0. The summed E-state index contributed by atoms with van der Waals surface area (Å²) in [6.07, 6.45) is -1.35. The molecule has 2 aliphatic heterocycles. The van der Waals surface area contributed by atoms with E-state index in [0.717, 1.165) is 16.5 Å². The Morgan fingerprint density at radius 2 is 1.63 bits per heavy atom. The molecule has 2 aliphatic rings. The number of nitrogens with zero attached hydrogens (tertiary/aromatic N) is 4. The molecular weight excluding hydrogens is 517 g/mol. The van der Waals surface area contributed by atoms with Crippen LogP contribution in [0.2, 0.25) is 0 Å². The summed E-state index contributed by atoms with van der Waals surface area (Å²) in [5.74, 6) is -0.297. The summed E-state index contributed by atoms with van der Waals surface area (Å²) in [6, 6.07) is 11.6. The van der Waals surface area contributed by atoms with E-state index in [1.807, 2.05) is 13.8 Å². The fourth-order valence-electron chi connectivity index (χ4n) is 5.88. The highest BCUT2D eigenvalue weighted by atomic mass is 32.2. The molecule has 0 N–H and O–H groups in total. The Hall–Kier alpha value is -2.92. The van der Waals surface area contributed by atoms with Gasteiger partial charge in [-0.3, -0.25) is 4.79 Å². The van der Waals surface area contributed by atoms with Gasteiger partial charge >= 0.3 is 6.18 Å². The number of hydrogen-bond acceptors (Lipinski definition) is 4. The van der Waals surface area contributed by atoms with E-state index in [9.17, 15) is 26.4 Å². The molecule has 5 rings (SSSR count). The standard InChI is InChI=1S/C27H31F3N4O3S/c1-18-14-19(2)17-32(16-18)26(35)24-23-15-21(10-13-34(23)31-25(24)27(28,29)30)20-8-11-33(12-9-20)38(36,37)22-6-4-3-5-7-22/h3-7,10,13,15,18-20H,8-9,11-12,14,16-17H2,1-2H3. The number of amides is 1. The molecule has 0 saturated carbocycles. The van der Waals surface area contributed by atoms with Crippen molar-refractivity contribution in [3.63, 3.8) is 0 Å². The average molecular weight is 549 g/mol. The Morgan fingerprint density at radius 3 is 2.24 bits per heavy atom. The molecule has 4 heterocycles. The normalized spacial score (nSPS) is 22.2. The first-order valence-corrected chi connectivity index (χ1v) is 14.3. The Morgan fingerprint density at radius 1 is 1.00 bits per heavy atom. The Labute approximate surface area is 220 Å². The molecule has 2 fully saturated rings. The molecule has 2 saturated heterocycles. The van der Waals surface area contributed by atoms with E-state index in [1.54, 1.807) is 42.5 Å². The largest absolute Gasteiger partial charge is 0.436 e. The molecule has 2 unspecified atom stereocenters. The van der Waals surface area contributed by atoms with Crippen molar-refractivity contribution in [3.05, 3.63) is 65.5 Å². The lowest BCUT2D eigenvalue weighted by molar-refractivity contribution is -0.141. The van der Waals surface area contributed by atoms with Gasteiger partial charge in [0.25, 0.3) is 5.91 Å². The molecule has 1 amide bonds. The van der Waals surface area contributed by atoms with Crippen LogP contribution in [0.25, 0.3) is 5.52 Å². The predicted octanol–water partition coefficient (Wildman–Crippen LogP) is 5.04. The molecule has 3 aromatic rings. The van der Waals surface area contributed by atoms with Crippen molar-refractivity contribution in [2.75, 3.05) is 26.2 Å². The van der Waals surface area contributed by atoms with Crippen LogP contribution >= 0.6 is 0 Å². The maximum atomic E-state index is 14.0. The van der Waals surface area contributed by atoms with Gasteiger partial charge in [0.05, 0.1) is 16.0 Å². The highest BCUT2D eigenvalue weighted by Crippen LogP contribution is 2.37. The fourth-order valence-corrected chi connectivity index (χ4v) is 7.37. The molecule has 7 nitrogen and oxygen atoms in total. The summed E-state index contributed by atoms with van der Waals surface area (Å²) < 4.78 is 70.6. The third-order valence-electron chi connectivity index (χ3n) is 7.60. The number of carbonyl (C=O) groups excluding carboxylic acids is 1. The van der Waals surface area contributed by atoms with Crippen molar-refractivity contribution in [1.82, 2.24) is 18.8 Å². The summed E-state index contributed by atoms with van der Waals surface area (Å²) in [7, 11) is -3.61. The first-order valence-electron chi connectivity index (χ1n) is 12.9. The molecule has 1 aromatic carbocycles. The number of likely N-dealkylation sites (tertiary alicyclic amines) is 1. The van der Waals surface area contributed by atoms with Crippen LogP contribution in [-0.2, 0) is 16.2 Å². The molecule has 0 radical (unpaired) electrons. The van der Waals surface area contributed by atoms with Gasteiger partial charge in [-0.2, -0.15) is 22.6 Å². The zero-order chi connectivity index (χ0) is 27.2. The number of rotatable bonds is 4.